The lowest BCUT2D eigenvalue weighted by molar-refractivity contribution is -0.121. The van der Waals surface area contributed by atoms with Crippen molar-refractivity contribution in [2.75, 3.05) is 25.5 Å². The number of hydrogen-bond donors (Lipinski definition) is 2. The van der Waals surface area contributed by atoms with Crippen LogP contribution in [0.5, 0.6) is 5.75 Å². The molecule has 1 saturated heterocycles. The Balaban J connectivity index is 1.53. The van der Waals surface area contributed by atoms with Gasteiger partial charge in [-0.05, 0) is 43.5 Å². The molecule has 1 unspecified atom stereocenters. The SMILES string of the molecule is Nc1ccc(OCCNC(=O)CCC2CCCO2)cc1. The van der Waals surface area contributed by atoms with Crippen molar-refractivity contribution in [2.24, 2.45) is 0 Å². The Kier molecular flexibility index (Phi) is 5.68. The molecule has 0 bridgehead atoms. The summed E-state index contributed by atoms with van der Waals surface area (Å²) in [7, 11) is 0. The van der Waals surface area contributed by atoms with Crippen LogP contribution in [0.2, 0.25) is 0 Å². The summed E-state index contributed by atoms with van der Waals surface area (Å²) in [4.78, 5) is 11.6. The Morgan fingerprint density at radius 1 is 1.40 bits per heavy atom. The molecule has 110 valence electrons. The van der Waals surface area contributed by atoms with Crippen molar-refractivity contribution in [3.63, 3.8) is 0 Å². The molecule has 0 saturated carbocycles. The number of hydrogen-bond acceptors (Lipinski definition) is 4. The Labute approximate surface area is 119 Å². The van der Waals surface area contributed by atoms with Crippen LogP contribution >= 0.6 is 0 Å². The van der Waals surface area contributed by atoms with Gasteiger partial charge in [-0.1, -0.05) is 0 Å². The van der Waals surface area contributed by atoms with Crippen molar-refractivity contribution in [2.45, 2.75) is 31.8 Å². The van der Waals surface area contributed by atoms with Crippen LogP contribution in [-0.4, -0.2) is 31.8 Å². The maximum Gasteiger partial charge on any atom is 0.220 e. The average Bonchev–Trinajstić information content (AvgIpc) is 2.96. The average molecular weight is 278 g/mol. The lowest BCUT2D eigenvalue weighted by Crippen LogP contribution is -2.28. The van der Waals surface area contributed by atoms with Crippen LogP contribution in [0.25, 0.3) is 0 Å². The maximum atomic E-state index is 11.6. The van der Waals surface area contributed by atoms with Gasteiger partial charge in [-0.25, -0.2) is 0 Å². The van der Waals surface area contributed by atoms with Crippen molar-refractivity contribution < 1.29 is 14.3 Å². The van der Waals surface area contributed by atoms with Crippen molar-refractivity contribution >= 4 is 11.6 Å². The van der Waals surface area contributed by atoms with Gasteiger partial charge in [-0.2, -0.15) is 0 Å². The van der Waals surface area contributed by atoms with Crippen LogP contribution in [0.3, 0.4) is 0 Å². The van der Waals surface area contributed by atoms with Gasteiger partial charge in [0.25, 0.3) is 0 Å². The molecule has 3 N–H and O–H groups in total. The van der Waals surface area contributed by atoms with Crippen LogP contribution in [0.1, 0.15) is 25.7 Å². The van der Waals surface area contributed by atoms with Crippen molar-refractivity contribution in [1.29, 1.82) is 0 Å². The first-order chi connectivity index (χ1) is 9.74. The molecule has 0 aromatic heterocycles. The summed E-state index contributed by atoms with van der Waals surface area (Å²) in [6, 6.07) is 7.20. The van der Waals surface area contributed by atoms with E-state index >= 15 is 0 Å². The molecule has 20 heavy (non-hydrogen) atoms. The Morgan fingerprint density at radius 3 is 2.90 bits per heavy atom. The first-order valence-electron chi connectivity index (χ1n) is 7.10. The van der Waals surface area contributed by atoms with Crippen LogP contribution in [0.4, 0.5) is 5.69 Å². The molecule has 1 heterocycles. The van der Waals surface area contributed by atoms with E-state index in [1.54, 1.807) is 12.1 Å². The van der Waals surface area contributed by atoms with Gasteiger partial charge in [0.15, 0.2) is 0 Å². The van der Waals surface area contributed by atoms with Crippen molar-refractivity contribution in [3.8, 4) is 5.75 Å². The molecule has 0 spiro atoms. The van der Waals surface area contributed by atoms with Gasteiger partial charge < -0.3 is 20.5 Å². The molecule has 0 radical (unpaired) electrons. The lowest BCUT2D eigenvalue weighted by atomic mass is 10.1. The molecule has 5 nitrogen and oxygen atoms in total. The van der Waals surface area contributed by atoms with E-state index < -0.39 is 0 Å². The zero-order chi connectivity index (χ0) is 14.2. The van der Waals surface area contributed by atoms with Gasteiger partial charge in [0.05, 0.1) is 12.6 Å². The third-order valence-electron chi connectivity index (χ3n) is 3.29. The second-order valence-corrected chi connectivity index (χ2v) is 4.94. The lowest BCUT2D eigenvalue weighted by Gasteiger charge is -2.10. The van der Waals surface area contributed by atoms with Gasteiger partial charge in [0.2, 0.25) is 5.91 Å². The zero-order valence-electron chi connectivity index (χ0n) is 11.6. The molecule has 2 rings (SSSR count). The minimum Gasteiger partial charge on any atom is -0.492 e. The predicted molar refractivity (Wildman–Crippen MR) is 77.6 cm³/mol. The van der Waals surface area contributed by atoms with E-state index in [1.165, 1.54) is 0 Å². The molecule has 5 heteroatoms. The Hall–Kier alpha value is -1.75. The van der Waals surface area contributed by atoms with E-state index in [0.717, 1.165) is 31.6 Å². The highest BCUT2D eigenvalue weighted by atomic mass is 16.5. The zero-order valence-corrected chi connectivity index (χ0v) is 11.6. The van der Waals surface area contributed by atoms with E-state index in [4.69, 9.17) is 15.2 Å². The van der Waals surface area contributed by atoms with E-state index in [0.29, 0.717) is 25.3 Å². The summed E-state index contributed by atoms with van der Waals surface area (Å²) >= 11 is 0. The molecule has 1 fully saturated rings. The van der Waals surface area contributed by atoms with E-state index in [-0.39, 0.29) is 12.0 Å². The van der Waals surface area contributed by atoms with Crippen molar-refractivity contribution in [1.82, 2.24) is 5.32 Å². The minimum atomic E-state index is 0.0569. The number of rotatable bonds is 7. The fourth-order valence-electron chi connectivity index (χ4n) is 2.18. The Morgan fingerprint density at radius 2 is 2.20 bits per heavy atom. The van der Waals surface area contributed by atoms with Crippen molar-refractivity contribution in [3.05, 3.63) is 24.3 Å². The van der Waals surface area contributed by atoms with Gasteiger partial charge >= 0.3 is 0 Å². The molecule has 1 aliphatic rings. The quantitative estimate of drug-likeness (QED) is 0.588. The predicted octanol–water partition coefficient (Wildman–Crippen LogP) is 1.72. The van der Waals surface area contributed by atoms with Crippen LogP contribution in [0, 0.1) is 0 Å². The van der Waals surface area contributed by atoms with E-state index in [9.17, 15) is 4.79 Å². The molecular weight excluding hydrogens is 256 g/mol. The van der Waals surface area contributed by atoms with Gasteiger partial charge in [0.1, 0.15) is 12.4 Å². The van der Waals surface area contributed by atoms with Crippen LogP contribution < -0.4 is 15.8 Å². The normalized spacial score (nSPS) is 17.9. The number of nitrogens with one attached hydrogen (secondary N) is 1. The highest BCUT2D eigenvalue weighted by Gasteiger charge is 2.16. The third kappa shape index (κ3) is 5.09. The maximum absolute atomic E-state index is 11.6. The topological polar surface area (TPSA) is 73.6 Å². The summed E-state index contributed by atoms with van der Waals surface area (Å²) in [6.07, 6.45) is 3.79. The fourth-order valence-corrected chi connectivity index (χ4v) is 2.18. The fraction of sp³-hybridized carbons (Fsp3) is 0.533. The molecule has 1 aromatic rings. The Bertz CT molecular complexity index is 414. The number of nitrogens with two attached hydrogens (primary N) is 1. The van der Waals surface area contributed by atoms with E-state index in [2.05, 4.69) is 5.32 Å². The molecule has 1 atom stereocenters. The largest absolute Gasteiger partial charge is 0.492 e. The van der Waals surface area contributed by atoms with Crippen LogP contribution in [0.15, 0.2) is 24.3 Å². The number of carbonyl (C=O) groups is 1. The first-order valence-corrected chi connectivity index (χ1v) is 7.10. The molecular formula is C15H22N2O3. The molecule has 1 amide bonds. The molecule has 0 aliphatic carbocycles. The van der Waals surface area contributed by atoms with Gasteiger partial charge in [0, 0.05) is 18.7 Å². The second kappa shape index (κ2) is 7.75. The number of ether oxygens (including phenoxy) is 2. The summed E-state index contributed by atoms with van der Waals surface area (Å²) < 4.78 is 11.0. The second-order valence-electron chi connectivity index (χ2n) is 4.94. The highest BCUT2D eigenvalue weighted by molar-refractivity contribution is 5.75. The third-order valence-corrected chi connectivity index (χ3v) is 3.29. The summed E-state index contributed by atoms with van der Waals surface area (Å²) in [6.45, 7) is 1.80. The van der Waals surface area contributed by atoms with Crippen LogP contribution in [-0.2, 0) is 9.53 Å². The van der Waals surface area contributed by atoms with E-state index in [1.807, 2.05) is 12.1 Å². The minimum absolute atomic E-state index is 0.0569. The standard InChI is InChI=1S/C15H22N2O3/c16-12-3-5-14(6-4-12)20-11-9-17-15(18)8-7-13-2-1-10-19-13/h3-6,13H,1-2,7-11,16H2,(H,17,18). The molecule has 1 aliphatic heterocycles. The summed E-state index contributed by atoms with van der Waals surface area (Å²) in [5, 5.41) is 2.84. The van der Waals surface area contributed by atoms with Gasteiger partial charge in [-0.15, -0.1) is 0 Å². The first kappa shape index (κ1) is 14.7. The smallest absolute Gasteiger partial charge is 0.220 e. The van der Waals surface area contributed by atoms with Gasteiger partial charge in [-0.3, -0.25) is 4.79 Å². The summed E-state index contributed by atoms with van der Waals surface area (Å²) in [5.74, 6) is 0.814. The number of amides is 1. The number of anilines is 1. The number of carbonyl (C=O) groups excluding carboxylic acids is 1. The molecule has 1 aromatic carbocycles. The number of benzene rings is 1. The summed E-state index contributed by atoms with van der Waals surface area (Å²) in [5.41, 5.74) is 6.29. The monoisotopic (exact) mass is 278 g/mol. The number of nitrogen functional groups attached to an aromatic ring is 1. The highest BCUT2D eigenvalue weighted by Crippen LogP contribution is 2.16.